The number of hydrogen-bond donors (Lipinski definition) is 2. The minimum absolute atomic E-state index is 0.00522. The van der Waals surface area contributed by atoms with Gasteiger partial charge in [0.25, 0.3) is 11.8 Å². The largest absolute Gasteiger partial charge is 0.491 e. The van der Waals surface area contributed by atoms with Crippen LogP contribution in [0.5, 0.6) is 5.75 Å². The van der Waals surface area contributed by atoms with Gasteiger partial charge in [0.2, 0.25) is 5.91 Å². The van der Waals surface area contributed by atoms with Crippen LogP contribution in [0.15, 0.2) is 47.3 Å². The van der Waals surface area contributed by atoms with Crippen LogP contribution >= 0.6 is 0 Å². The topological polar surface area (TPSA) is 115 Å². The predicted octanol–water partition coefficient (Wildman–Crippen LogP) is 3.56. The summed E-state index contributed by atoms with van der Waals surface area (Å²) in [7, 11) is 0. The summed E-state index contributed by atoms with van der Waals surface area (Å²) in [6.45, 7) is 8.54. The van der Waals surface area contributed by atoms with Crippen molar-refractivity contribution >= 4 is 28.8 Å². The van der Waals surface area contributed by atoms with E-state index in [1.54, 1.807) is 27.3 Å². The number of carbonyl (C=O) groups is 3. The smallest absolute Gasteiger partial charge is 0.329 e. The maximum absolute atomic E-state index is 13.7. The van der Waals surface area contributed by atoms with Crippen LogP contribution in [0.3, 0.4) is 0 Å². The van der Waals surface area contributed by atoms with E-state index in [2.05, 4.69) is 10.6 Å². The summed E-state index contributed by atoms with van der Waals surface area (Å²) in [5.41, 5.74) is 1.96. The molecule has 1 saturated heterocycles. The molecule has 0 bridgehead atoms. The summed E-state index contributed by atoms with van der Waals surface area (Å²) in [6, 6.07) is 12.4. The van der Waals surface area contributed by atoms with Crippen molar-refractivity contribution in [1.82, 2.24) is 24.7 Å². The monoisotopic (exact) mass is 575 g/mol. The molecule has 0 unspecified atom stereocenters. The number of aromatic nitrogens is 2. The number of likely N-dealkylation sites (tertiary alicyclic amines) is 1. The summed E-state index contributed by atoms with van der Waals surface area (Å²) in [4.78, 5) is 54.6. The molecule has 3 amide bonds. The number of amides is 3. The molecular weight excluding hydrogens is 534 g/mol. The molecule has 2 N–H and O–H groups in total. The first-order valence-corrected chi connectivity index (χ1v) is 15.1. The molecule has 42 heavy (non-hydrogen) atoms. The van der Waals surface area contributed by atoms with E-state index in [0.717, 1.165) is 23.9 Å². The van der Waals surface area contributed by atoms with Crippen molar-refractivity contribution in [2.24, 2.45) is 5.41 Å². The van der Waals surface area contributed by atoms with Gasteiger partial charge in [0.15, 0.2) is 0 Å². The lowest BCUT2D eigenvalue weighted by atomic mass is 9.73. The van der Waals surface area contributed by atoms with Gasteiger partial charge in [-0.05, 0) is 76.8 Å². The van der Waals surface area contributed by atoms with Crippen molar-refractivity contribution in [2.75, 3.05) is 26.2 Å². The highest BCUT2D eigenvalue weighted by Gasteiger charge is 2.42. The molecule has 2 aromatic carbocycles. The average Bonchev–Trinajstić information content (AvgIpc) is 3.28. The molecule has 5 rings (SSSR count). The van der Waals surface area contributed by atoms with Crippen molar-refractivity contribution in [3.05, 3.63) is 64.1 Å². The van der Waals surface area contributed by atoms with Crippen molar-refractivity contribution in [3.8, 4) is 5.75 Å². The molecule has 2 aliphatic heterocycles. The molecule has 10 heteroatoms. The van der Waals surface area contributed by atoms with E-state index < -0.39 is 5.41 Å². The number of hydrogen-bond acceptors (Lipinski definition) is 5. The molecule has 0 saturated carbocycles. The number of carbonyl (C=O) groups excluding carboxylic acids is 3. The summed E-state index contributed by atoms with van der Waals surface area (Å²) >= 11 is 0. The number of piperidine rings is 1. The van der Waals surface area contributed by atoms with Crippen LogP contribution in [-0.2, 0) is 17.9 Å². The molecule has 0 aliphatic carbocycles. The van der Waals surface area contributed by atoms with E-state index in [0.29, 0.717) is 68.9 Å². The van der Waals surface area contributed by atoms with Crippen molar-refractivity contribution < 1.29 is 19.1 Å². The zero-order valence-corrected chi connectivity index (χ0v) is 24.8. The van der Waals surface area contributed by atoms with E-state index in [9.17, 15) is 19.2 Å². The Morgan fingerprint density at radius 2 is 1.67 bits per heavy atom. The highest BCUT2D eigenvalue weighted by molar-refractivity contribution is 5.98. The van der Waals surface area contributed by atoms with Crippen LogP contribution in [0, 0.1) is 5.41 Å². The van der Waals surface area contributed by atoms with Crippen LogP contribution in [0.1, 0.15) is 73.6 Å². The number of nitrogens with one attached hydrogen (secondary N) is 2. The molecule has 1 fully saturated rings. The molecule has 0 radical (unpaired) electrons. The number of para-hydroxylation sites is 1. The van der Waals surface area contributed by atoms with Gasteiger partial charge in [-0.1, -0.05) is 18.6 Å². The molecule has 3 aromatic rings. The molecule has 2 aliphatic rings. The van der Waals surface area contributed by atoms with Gasteiger partial charge in [0, 0.05) is 38.3 Å². The summed E-state index contributed by atoms with van der Waals surface area (Å²) in [5.74, 6) is 0.237. The van der Waals surface area contributed by atoms with Gasteiger partial charge < -0.3 is 20.3 Å². The Balaban J connectivity index is 1.30. The van der Waals surface area contributed by atoms with E-state index in [-0.39, 0.29) is 36.1 Å². The summed E-state index contributed by atoms with van der Waals surface area (Å²) < 4.78 is 9.37. The highest BCUT2D eigenvalue weighted by Crippen LogP contribution is 2.38. The molecule has 1 spiro atoms. The average molecular weight is 576 g/mol. The number of ether oxygens (including phenoxy) is 1. The van der Waals surface area contributed by atoms with E-state index in [4.69, 9.17) is 4.74 Å². The van der Waals surface area contributed by atoms with E-state index in [1.165, 1.54) is 0 Å². The first kappa shape index (κ1) is 29.4. The van der Waals surface area contributed by atoms with Crippen LogP contribution in [0.25, 0.3) is 11.0 Å². The predicted molar refractivity (Wildman–Crippen MR) is 161 cm³/mol. The normalized spacial score (nSPS) is 19.9. The maximum atomic E-state index is 13.7. The number of nitrogens with zero attached hydrogens (tertiary/aromatic N) is 3. The molecule has 1 aromatic heterocycles. The Labute approximate surface area is 246 Å². The second-order valence-corrected chi connectivity index (χ2v) is 11.4. The Hall–Kier alpha value is -4.08. The van der Waals surface area contributed by atoms with Gasteiger partial charge in [0.1, 0.15) is 12.4 Å². The Bertz CT molecular complexity index is 1530. The van der Waals surface area contributed by atoms with Crippen molar-refractivity contribution in [1.29, 1.82) is 0 Å². The molecular formula is C32H41N5O5. The standard InChI is InChI=1S/C32H41N5O5/c1-4-36-25-13-12-23(20-26(25)37(5-2)31(36)41)29(39)35-18-15-32(16-19-35)14-8-9-17-33-28(38)24-10-6-7-11-27(24)42-21-22(3)34-30(32)40/h6-7,10-13,20,22H,4-5,8-9,14-19,21H2,1-3H3,(H,33,38)(H,34,40)/t22-/m1/s1. The quantitative estimate of drug-likeness (QED) is 0.496. The van der Waals surface area contributed by atoms with Crippen LogP contribution in [-0.4, -0.2) is 64.0 Å². The van der Waals surface area contributed by atoms with Gasteiger partial charge >= 0.3 is 5.69 Å². The fraction of sp³-hybridized carbons (Fsp3) is 0.500. The van der Waals surface area contributed by atoms with Crippen LogP contribution < -0.4 is 21.1 Å². The third kappa shape index (κ3) is 5.67. The van der Waals surface area contributed by atoms with Gasteiger partial charge in [-0.15, -0.1) is 0 Å². The summed E-state index contributed by atoms with van der Waals surface area (Å²) in [5, 5.41) is 6.14. The lowest BCUT2D eigenvalue weighted by Crippen LogP contribution is -2.52. The van der Waals surface area contributed by atoms with Crippen molar-refractivity contribution in [3.63, 3.8) is 0 Å². The Kier molecular flexibility index (Phi) is 8.70. The number of fused-ring (bicyclic) bond motifs is 2. The Morgan fingerprint density at radius 1 is 0.952 bits per heavy atom. The van der Waals surface area contributed by atoms with Crippen LogP contribution in [0.2, 0.25) is 0 Å². The van der Waals surface area contributed by atoms with Gasteiger partial charge in [-0.25, -0.2) is 4.79 Å². The molecule has 224 valence electrons. The van der Waals surface area contributed by atoms with E-state index >= 15 is 0 Å². The molecule has 10 nitrogen and oxygen atoms in total. The zero-order chi connectivity index (χ0) is 29.9. The number of rotatable bonds is 3. The summed E-state index contributed by atoms with van der Waals surface area (Å²) in [6.07, 6.45) is 3.33. The number of benzene rings is 2. The third-order valence-electron chi connectivity index (χ3n) is 8.75. The molecule has 1 atom stereocenters. The minimum Gasteiger partial charge on any atom is -0.491 e. The number of imidazole rings is 1. The highest BCUT2D eigenvalue weighted by atomic mass is 16.5. The fourth-order valence-corrected chi connectivity index (χ4v) is 6.27. The lowest BCUT2D eigenvalue weighted by Gasteiger charge is -2.41. The van der Waals surface area contributed by atoms with Crippen LogP contribution in [0.4, 0.5) is 0 Å². The second-order valence-electron chi connectivity index (χ2n) is 11.4. The lowest BCUT2D eigenvalue weighted by molar-refractivity contribution is -0.135. The Morgan fingerprint density at radius 3 is 2.40 bits per heavy atom. The first-order valence-electron chi connectivity index (χ1n) is 15.1. The SMILES string of the molecule is CCn1c(=O)n(CC)c2cc(C(=O)N3CCC4(CCCCNC(=O)c5ccccc5OC[C@@H](C)NC4=O)CC3)ccc21. The molecule has 3 heterocycles. The second kappa shape index (κ2) is 12.4. The third-order valence-corrected chi connectivity index (χ3v) is 8.75. The number of aryl methyl sites for hydroxylation is 2. The fourth-order valence-electron chi connectivity index (χ4n) is 6.27. The van der Waals surface area contributed by atoms with E-state index in [1.807, 2.05) is 49.9 Å². The van der Waals surface area contributed by atoms with Gasteiger partial charge in [-0.3, -0.25) is 23.5 Å². The van der Waals surface area contributed by atoms with Crippen molar-refractivity contribution in [2.45, 2.75) is 72.0 Å². The zero-order valence-electron chi connectivity index (χ0n) is 24.8. The maximum Gasteiger partial charge on any atom is 0.329 e. The minimum atomic E-state index is -0.595. The first-order chi connectivity index (χ1) is 20.3. The van der Waals surface area contributed by atoms with Gasteiger partial charge in [0.05, 0.1) is 28.1 Å². The van der Waals surface area contributed by atoms with Gasteiger partial charge in [-0.2, -0.15) is 0 Å².